The molecule has 2 heterocycles. The average molecular weight is 427 g/mol. The molecule has 0 amide bonds. The number of aromatic nitrogens is 2. The Morgan fingerprint density at radius 1 is 1.14 bits per heavy atom. The van der Waals surface area contributed by atoms with Crippen LogP contribution in [-0.2, 0) is 13.0 Å². The smallest absolute Gasteiger partial charge is 0.151 e. The maximum Gasteiger partial charge on any atom is 0.151 e. The Kier molecular flexibility index (Phi) is 6.53. The second-order valence-corrected chi connectivity index (χ2v) is 8.15. The van der Waals surface area contributed by atoms with E-state index in [0.717, 1.165) is 40.7 Å². The van der Waals surface area contributed by atoms with E-state index in [1.54, 1.807) is 6.07 Å². The van der Waals surface area contributed by atoms with Crippen molar-refractivity contribution in [2.24, 2.45) is 0 Å². The van der Waals surface area contributed by atoms with Crippen LogP contribution < -0.4 is 10.1 Å². The molecule has 1 N–H and O–H groups in total. The summed E-state index contributed by atoms with van der Waals surface area (Å²) < 4.78 is 5.94. The molecule has 1 aromatic heterocycles. The summed E-state index contributed by atoms with van der Waals surface area (Å²) in [6, 6.07) is 12.1. The van der Waals surface area contributed by atoms with Crippen molar-refractivity contribution >= 4 is 23.7 Å². The van der Waals surface area contributed by atoms with Gasteiger partial charge in [0.25, 0.3) is 0 Å². The number of para-hydroxylation sites is 1. The van der Waals surface area contributed by atoms with Gasteiger partial charge in [0.1, 0.15) is 16.8 Å². The minimum Gasteiger partial charge on any atom is -0.489 e. The lowest BCUT2D eigenvalue weighted by Crippen LogP contribution is -2.24. The number of ether oxygens (including phenoxy) is 1. The van der Waals surface area contributed by atoms with Crippen LogP contribution in [0.4, 0.5) is 0 Å². The first-order valence-corrected chi connectivity index (χ1v) is 10.3. The Morgan fingerprint density at radius 3 is 2.62 bits per heavy atom. The van der Waals surface area contributed by atoms with Crippen molar-refractivity contribution in [1.82, 2.24) is 15.5 Å². The highest BCUT2D eigenvalue weighted by Crippen LogP contribution is 2.39. The van der Waals surface area contributed by atoms with E-state index in [9.17, 15) is 5.26 Å². The van der Waals surface area contributed by atoms with E-state index in [-0.39, 0.29) is 18.5 Å². The fourth-order valence-corrected chi connectivity index (χ4v) is 4.54. The van der Waals surface area contributed by atoms with Crippen LogP contribution in [0.25, 0.3) is 21.1 Å². The third-order valence-electron chi connectivity index (χ3n) is 4.94. The van der Waals surface area contributed by atoms with Crippen molar-refractivity contribution < 1.29 is 4.74 Å². The molecule has 0 spiro atoms. The van der Waals surface area contributed by atoms with Crippen molar-refractivity contribution in [2.75, 3.05) is 6.54 Å². The number of halogens is 1. The van der Waals surface area contributed by atoms with Gasteiger partial charge in [-0.1, -0.05) is 29.5 Å². The van der Waals surface area contributed by atoms with Gasteiger partial charge in [0.15, 0.2) is 5.01 Å². The largest absolute Gasteiger partial charge is 0.489 e. The number of benzene rings is 2. The van der Waals surface area contributed by atoms with Gasteiger partial charge in [-0.2, -0.15) is 5.26 Å². The van der Waals surface area contributed by atoms with Gasteiger partial charge in [0.2, 0.25) is 0 Å². The molecule has 3 aromatic rings. The van der Waals surface area contributed by atoms with Crippen LogP contribution in [0.15, 0.2) is 30.3 Å². The molecule has 0 bridgehead atoms. The summed E-state index contributed by atoms with van der Waals surface area (Å²) in [5, 5.41) is 23.4. The second-order valence-electron chi connectivity index (χ2n) is 7.18. The third-order valence-corrected chi connectivity index (χ3v) is 5.93. The van der Waals surface area contributed by atoms with Crippen LogP contribution >= 0.6 is 23.7 Å². The minimum atomic E-state index is -0.0304. The highest BCUT2D eigenvalue weighted by atomic mass is 35.5. The van der Waals surface area contributed by atoms with E-state index in [1.807, 2.05) is 26.0 Å². The van der Waals surface area contributed by atoms with Gasteiger partial charge in [-0.15, -0.1) is 22.6 Å². The Morgan fingerprint density at radius 2 is 1.90 bits per heavy atom. The normalized spacial score (nSPS) is 12.8. The number of nitrogens with zero attached hydrogens (tertiary/aromatic N) is 3. The monoisotopic (exact) mass is 426 g/mol. The summed E-state index contributed by atoms with van der Waals surface area (Å²) in [6.07, 6.45) is 1.01. The molecular formula is C22H23ClN4OS. The highest BCUT2D eigenvalue weighted by Gasteiger charge is 2.20. The molecule has 1 aliphatic heterocycles. The predicted octanol–water partition coefficient (Wildman–Crippen LogP) is 4.91. The zero-order valence-electron chi connectivity index (χ0n) is 16.7. The van der Waals surface area contributed by atoms with E-state index in [1.165, 1.54) is 28.0 Å². The molecule has 150 valence electrons. The molecule has 0 fully saturated rings. The van der Waals surface area contributed by atoms with E-state index >= 15 is 0 Å². The van der Waals surface area contributed by atoms with E-state index in [0.29, 0.717) is 11.3 Å². The molecule has 4 rings (SSSR count). The molecule has 7 heteroatoms. The van der Waals surface area contributed by atoms with Gasteiger partial charge in [0, 0.05) is 12.1 Å². The maximum absolute atomic E-state index is 9.47. The Labute approximate surface area is 181 Å². The summed E-state index contributed by atoms with van der Waals surface area (Å²) in [4.78, 5) is 0. The summed E-state index contributed by atoms with van der Waals surface area (Å²) in [7, 11) is 0. The number of hydrogen-bond donors (Lipinski definition) is 1. The molecule has 0 saturated heterocycles. The molecule has 0 atom stereocenters. The molecule has 2 aromatic carbocycles. The molecule has 1 aliphatic rings. The van der Waals surface area contributed by atoms with E-state index in [2.05, 4.69) is 40.6 Å². The molecule has 0 saturated carbocycles. The SMILES string of the molecule is Cc1c(-c2nnc(-c3cccc(C#N)c3OC(C)C)s2)ccc2c1CCNC2.Cl. The lowest BCUT2D eigenvalue weighted by atomic mass is 9.93. The van der Waals surface area contributed by atoms with Crippen LogP contribution in [0.3, 0.4) is 0 Å². The summed E-state index contributed by atoms with van der Waals surface area (Å²) in [6.45, 7) is 8.01. The van der Waals surface area contributed by atoms with Gasteiger partial charge < -0.3 is 10.1 Å². The molecule has 29 heavy (non-hydrogen) atoms. The van der Waals surface area contributed by atoms with Crippen LogP contribution in [0, 0.1) is 18.3 Å². The first-order chi connectivity index (χ1) is 13.6. The number of nitriles is 1. The number of rotatable bonds is 4. The Balaban J connectivity index is 0.00000240. The third kappa shape index (κ3) is 4.13. The van der Waals surface area contributed by atoms with Crippen LogP contribution in [-0.4, -0.2) is 22.8 Å². The van der Waals surface area contributed by atoms with Crippen LogP contribution in [0.5, 0.6) is 5.75 Å². The zero-order valence-corrected chi connectivity index (χ0v) is 18.3. The number of hydrogen-bond acceptors (Lipinski definition) is 6. The standard InChI is InChI=1S/C22H22N4OS.ClH/c1-13(2)27-20-15(11-23)5-4-6-19(20)22-26-25-21(28-22)18-8-7-16-12-24-10-9-17(16)14(18)3;/h4-8,13,24H,9-10,12H2,1-3H3;1H. The molecule has 0 unspecified atom stereocenters. The Hall–Kier alpha value is -2.46. The van der Waals surface area contributed by atoms with E-state index in [4.69, 9.17) is 4.74 Å². The van der Waals surface area contributed by atoms with Crippen molar-refractivity contribution in [3.8, 4) is 33.0 Å². The first-order valence-electron chi connectivity index (χ1n) is 9.44. The van der Waals surface area contributed by atoms with Crippen molar-refractivity contribution in [3.63, 3.8) is 0 Å². The zero-order chi connectivity index (χ0) is 19.7. The summed E-state index contributed by atoms with van der Waals surface area (Å²) >= 11 is 1.54. The fourth-order valence-electron chi connectivity index (χ4n) is 3.59. The van der Waals surface area contributed by atoms with Crippen LogP contribution in [0.1, 0.15) is 36.1 Å². The lowest BCUT2D eigenvalue weighted by molar-refractivity contribution is 0.243. The van der Waals surface area contributed by atoms with Gasteiger partial charge in [-0.05, 0) is 62.6 Å². The first kappa shape index (κ1) is 21.3. The van der Waals surface area contributed by atoms with Crippen molar-refractivity contribution in [3.05, 3.63) is 52.6 Å². The van der Waals surface area contributed by atoms with E-state index < -0.39 is 0 Å². The summed E-state index contributed by atoms with van der Waals surface area (Å²) in [5.74, 6) is 0.580. The van der Waals surface area contributed by atoms with Gasteiger partial charge in [0.05, 0.1) is 17.2 Å². The quantitative estimate of drug-likeness (QED) is 0.641. The average Bonchev–Trinajstić information content (AvgIpc) is 3.18. The second kappa shape index (κ2) is 8.91. The molecule has 0 radical (unpaired) electrons. The summed E-state index contributed by atoms with van der Waals surface area (Å²) in [5.41, 5.74) is 6.53. The van der Waals surface area contributed by atoms with Crippen molar-refractivity contribution in [1.29, 1.82) is 5.26 Å². The molecule has 0 aliphatic carbocycles. The highest BCUT2D eigenvalue weighted by molar-refractivity contribution is 7.18. The lowest BCUT2D eigenvalue weighted by Gasteiger charge is -2.20. The topological polar surface area (TPSA) is 70.8 Å². The van der Waals surface area contributed by atoms with Gasteiger partial charge >= 0.3 is 0 Å². The fraction of sp³-hybridized carbons (Fsp3) is 0.318. The van der Waals surface area contributed by atoms with Gasteiger partial charge in [-0.3, -0.25) is 0 Å². The maximum atomic E-state index is 9.47. The predicted molar refractivity (Wildman–Crippen MR) is 119 cm³/mol. The van der Waals surface area contributed by atoms with Crippen molar-refractivity contribution in [2.45, 2.75) is 39.8 Å². The molecule has 5 nitrogen and oxygen atoms in total. The minimum absolute atomic E-state index is 0. The van der Waals surface area contributed by atoms with Gasteiger partial charge in [-0.25, -0.2) is 0 Å². The molecular weight excluding hydrogens is 404 g/mol. The number of nitrogens with one attached hydrogen (secondary N) is 1. The van der Waals surface area contributed by atoms with Crippen LogP contribution in [0.2, 0.25) is 0 Å². The Bertz CT molecular complexity index is 1070. The number of fused-ring (bicyclic) bond motifs is 1.